The third kappa shape index (κ3) is 3.16. The highest BCUT2D eigenvalue weighted by Crippen LogP contribution is 1.98. The zero-order valence-electron chi connectivity index (χ0n) is 10.8. The first-order valence-electron chi connectivity index (χ1n) is 6.11. The van der Waals surface area contributed by atoms with Gasteiger partial charge in [-0.2, -0.15) is 0 Å². The highest BCUT2D eigenvalue weighted by Gasteiger charge is 2.10. The summed E-state index contributed by atoms with van der Waals surface area (Å²) in [4.78, 5) is 15.9. The maximum absolute atomic E-state index is 11.9. The van der Waals surface area contributed by atoms with Crippen LogP contribution in [-0.4, -0.2) is 36.8 Å². The first kappa shape index (κ1) is 13.2. The summed E-state index contributed by atoms with van der Waals surface area (Å²) in [5, 5.41) is 10.5. The van der Waals surface area contributed by atoms with E-state index in [4.69, 9.17) is 5.73 Å². The fraction of sp³-hybridized carbons (Fsp3) is 0.455. The molecule has 0 unspecified atom stereocenters. The number of nitrogens with one attached hydrogen (secondary N) is 1. The summed E-state index contributed by atoms with van der Waals surface area (Å²) in [7, 11) is 0. The van der Waals surface area contributed by atoms with Crippen molar-refractivity contribution in [1.82, 2.24) is 29.6 Å². The molecular formula is C11H17N7O. The molecule has 3 N–H and O–H groups in total. The molecule has 8 nitrogen and oxygen atoms in total. The van der Waals surface area contributed by atoms with Gasteiger partial charge in [0, 0.05) is 25.8 Å². The summed E-state index contributed by atoms with van der Waals surface area (Å²) in [6.07, 6.45) is 4.90. The second-order valence-corrected chi connectivity index (χ2v) is 4.00. The first-order chi connectivity index (χ1) is 9.24. The molecule has 102 valence electrons. The molecular weight excluding hydrogens is 246 g/mol. The molecule has 2 aromatic heterocycles. The van der Waals surface area contributed by atoms with Crippen LogP contribution >= 0.6 is 0 Å². The third-order valence-electron chi connectivity index (χ3n) is 2.70. The molecule has 0 saturated carbocycles. The van der Waals surface area contributed by atoms with Gasteiger partial charge in [-0.15, -0.1) is 10.2 Å². The van der Waals surface area contributed by atoms with E-state index in [2.05, 4.69) is 20.5 Å². The van der Waals surface area contributed by atoms with Gasteiger partial charge in [-0.1, -0.05) is 0 Å². The lowest BCUT2D eigenvalue weighted by Gasteiger charge is -2.04. The Morgan fingerprint density at radius 2 is 2.32 bits per heavy atom. The maximum atomic E-state index is 11.9. The molecule has 1 amide bonds. The smallest absolute Gasteiger partial charge is 0.271 e. The predicted molar refractivity (Wildman–Crippen MR) is 68.1 cm³/mol. The Labute approximate surface area is 110 Å². The van der Waals surface area contributed by atoms with Crippen molar-refractivity contribution in [2.45, 2.75) is 26.6 Å². The SMILES string of the molecule is CCn1cnnc1CNC(=O)c1cn(CCN)cn1. The highest BCUT2D eigenvalue weighted by atomic mass is 16.1. The lowest BCUT2D eigenvalue weighted by atomic mass is 10.4. The van der Waals surface area contributed by atoms with E-state index in [-0.39, 0.29) is 5.91 Å². The molecule has 19 heavy (non-hydrogen) atoms. The Morgan fingerprint density at radius 3 is 3.05 bits per heavy atom. The number of amides is 1. The van der Waals surface area contributed by atoms with Crippen molar-refractivity contribution in [3.05, 3.63) is 30.4 Å². The predicted octanol–water partition coefficient (Wildman–Crippen LogP) is -0.617. The van der Waals surface area contributed by atoms with Gasteiger partial charge in [-0.05, 0) is 6.92 Å². The average molecular weight is 263 g/mol. The molecule has 0 aliphatic carbocycles. The molecule has 0 saturated heterocycles. The van der Waals surface area contributed by atoms with Crippen molar-refractivity contribution in [1.29, 1.82) is 0 Å². The van der Waals surface area contributed by atoms with Gasteiger partial charge in [0.15, 0.2) is 5.82 Å². The van der Waals surface area contributed by atoms with Crippen LogP contribution in [0.15, 0.2) is 18.9 Å². The minimum atomic E-state index is -0.235. The van der Waals surface area contributed by atoms with Crippen molar-refractivity contribution in [3.63, 3.8) is 0 Å². The van der Waals surface area contributed by atoms with Gasteiger partial charge in [0.2, 0.25) is 0 Å². The average Bonchev–Trinajstić information content (AvgIpc) is 3.04. The molecule has 0 aliphatic heterocycles. The molecule has 0 aliphatic rings. The largest absolute Gasteiger partial charge is 0.343 e. The molecule has 0 atom stereocenters. The maximum Gasteiger partial charge on any atom is 0.271 e. The summed E-state index contributed by atoms with van der Waals surface area (Å²) in [5.41, 5.74) is 5.80. The van der Waals surface area contributed by atoms with E-state index in [1.54, 1.807) is 23.4 Å². The molecule has 8 heteroatoms. The summed E-state index contributed by atoms with van der Waals surface area (Å²) < 4.78 is 3.65. The van der Waals surface area contributed by atoms with Crippen LogP contribution < -0.4 is 11.1 Å². The molecule has 0 spiro atoms. The Hall–Kier alpha value is -2.22. The third-order valence-corrected chi connectivity index (χ3v) is 2.70. The van der Waals surface area contributed by atoms with Gasteiger partial charge in [0.25, 0.3) is 5.91 Å². The van der Waals surface area contributed by atoms with E-state index in [1.807, 2.05) is 11.5 Å². The van der Waals surface area contributed by atoms with Crippen molar-refractivity contribution in [2.75, 3.05) is 6.54 Å². The van der Waals surface area contributed by atoms with Gasteiger partial charge >= 0.3 is 0 Å². The molecule has 2 heterocycles. The van der Waals surface area contributed by atoms with Gasteiger partial charge in [-0.25, -0.2) is 4.98 Å². The van der Waals surface area contributed by atoms with Crippen LogP contribution in [0.3, 0.4) is 0 Å². The number of carbonyl (C=O) groups is 1. The second-order valence-electron chi connectivity index (χ2n) is 4.00. The number of aryl methyl sites for hydroxylation is 1. The zero-order valence-corrected chi connectivity index (χ0v) is 10.8. The van der Waals surface area contributed by atoms with Crippen LogP contribution in [0, 0.1) is 0 Å². The van der Waals surface area contributed by atoms with E-state index < -0.39 is 0 Å². The molecule has 0 bridgehead atoms. The zero-order chi connectivity index (χ0) is 13.7. The number of hydrogen-bond donors (Lipinski definition) is 2. The van der Waals surface area contributed by atoms with Gasteiger partial charge in [0.05, 0.1) is 12.9 Å². The van der Waals surface area contributed by atoms with E-state index in [9.17, 15) is 4.79 Å². The van der Waals surface area contributed by atoms with Crippen molar-refractivity contribution >= 4 is 5.91 Å². The number of nitrogens with two attached hydrogens (primary N) is 1. The number of aromatic nitrogens is 5. The lowest BCUT2D eigenvalue weighted by Crippen LogP contribution is -2.25. The standard InChI is InChI=1S/C11H17N7O/c1-2-18-8-15-16-10(18)5-13-11(19)9-6-17(4-3-12)7-14-9/h6-8H,2-5,12H2,1H3,(H,13,19). The van der Waals surface area contributed by atoms with Gasteiger partial charge in [0.1, 0.15) is 12.0 Å². The van der Waals surface area contributed by atoms with E-state index in [1.165, 1.54) is 0 Å². The molecule has 0 radical (unpaired) electrons. The van der Waals surface area contributed by atoms with Crippen LogP contribution in [0.4, 0.5) is 0 Å². The van der Waals surface area contributed by atoms with Gasteiger partial charge in [-0.3, -0.25) is 4.79 Å². The number of nitrogens with zero attached hydrogens (tertiary/aromatic N) is 5. The topological polar surface area (TPSA) is 104 Å². The van der Waals surface area contributed by atoms with Crippen molar-refractivity contribution in [2.24, 2.45) is 5.73 Å². The Morgan fingerprint density at radius 1 is 1.47 bits per heavy atom. The fourth-order valence-electron chi connectivity index (χ4n) is 1.68. The molecule has 2 aromatic rings. The quantitative estimate of drug-likeness (QED) is 0.723. The van der Waals surface area contributed by atoms with Crippen LogP contribution in [0.1, 0.15) is 23.2 Å². The Kier molecular flexibility index (Phi) is 4.24. The minimum Gasteiger partial charge on any atom is -0.343 e. The van der Waals surface area contributed by atoms with Crippen LogP contribution in [-0.2, 0) is 19.6 Å². The number of rotatable bonds is 6. The van der Waals surface area contributed by atoms with Crippen LogP contribution in [0.25, 0.3) is 0 Å². The fourth-order valence-corrected chi connectivity index (χ4v) is 1.68. The van der Waals surface area contributed by atoms with E-state index >= 15 is 0 Å². The Balaban J connectivity index is 1.93. The second kappa shape index (κ2) is 6.10. The van der Waals surface area contributed by atoms with Crippen LogP contribution in [0.5, 0.6) is 0 Å². The van der Waals surface area contributed by atoms with Crippen molar-refractivity contribution < 1.29 is 4.79 Å². The Bertz CT molecular complexity index is 545. The summed E-state index contributed by atoms with van der Waals surface area (Å²) >= 11 is 0. The highest BCUT2D eigenvalue weighted by molar-refractivity contribution is 5.91. The normalized spacial score (nSPS) is 10.6. The lowest BCUT2D eigenvalue weighted by molar-refractivity contribution is 0.0945. The summed E-state index contributed by atoms with van der Waals surface area (Å²) in [6.45, 7) is 4.24. The van der Waals surface area contributed by atoms with E-state index in [0.717, 1.165) is 12.4 Å². The number of imidazole rings is 1. The summed E-state index contributed by atoms with van der Waals surface area (Å²) in [6, 6.07) is 0. The van der Waals surface area contributed by atoms with Crippen LogP contribution in [0.2, 0.25) is 0 Å². The van der Waals surface area contributed by atoms with Crippen molar-refractivity contribution in [3.8, 4) is 0 Å². The monoisotopic (exact) mass is 263 g/mol. The van der Waals surface area contributed by atoms with Gasteiger partial charge < -0.3 is 20.2 Å². The summed E-state index contributed by atoms with van der Waals surface area (Å²) in [5.74, 6) is 0.485. The number of carbonyl (C=O) groups excluding carboxylic acids is 1. The minimum absolute atomic E-state index is 0.235. The van der Waals surface area contributed by atoms with E-state index in [0.29, 0.717) is 25.3 Å². The molecule has 0 aromatic carbocycles. The molecule has 2 rings (SSSR count). The number of hydrogen-bond acceptors (Lipinski definition) is 5. The first-order valence-corrected chi connectivity index (χ1v) is 6.11. The molecule has 0 fully saturated rings.